The van der Waals surface area contributed by atoms with E-state index in [2.05, 4.69) is 24.3 Å². The van der Waals surface area contributed by atoms with Crippen molar-refractivity contribution in [2.45, 2.75) is 49.2 Å². The van der Waals surface area contributed by atoms with Gasteiger partial charge < -0.3 is 5.11 Å². The summed E-state index contributed by atoms with van der Waals surface area (Å²) in [6.45, 7) is 0.0620. The molecule has 110 valence electrons. The smallest absolute Gasteiger partial charge is 0.124 e. The number of aliphatic hydroxyl groups is 1. The SMILES string of the molecule is OC[C@@H]1OO[C@@H](CSc2ccccc2)C12CCCCC2. The molecule has 1 aliphatic carbocycles. The Morgan fingerprint density at radius 2 is 1.75 bits per heavy atom. The molecule has 0 unspecified atom stereocenters. The van der Waals surface area contributed by atoms with E-state index in [-0.39, 0.29) is 24.2 Å². The Morgan fingerprint density at radius 3 is 2.45 bits per heavy atom. The van der Waals surface area contributed by atoms with Gasteiger partial charge in [0.2, 0.25) is 0 Å². The maximum atomic E-state index is 9.57. The average molecular weight is 294 g/mol. The fraction of sp³-hybridized carbons (Fsp3) is 0.625. The highest BCUT2D eigenvalue weighted by Gasteiger charge is 2.53. The van der Waals surface area contributed by atoms with Gasteiger partial charge in [-0.25, -0.2) is 9.78 Å². The monoisotopic (exact) mass is 294 g/mol. The van der Waals surface area contributed by atoms with E-state index >= 15 is 0 Å². The summed E-state index contributed by atoms with van der Waals surface area (Å²) in [7, 11) is 0. The van der Waals surface area contributed by atoms with Crippen LogP contribution in [0.25, 0.3) is 0 Å². The van der Waals surface area contributed by atoms with Crippen LogP contribution in [0.3, 0.4) is 0 Å². The van der Waals surface area contributed by atoms with Gasteiger partial charge in [-0.05, 0) is 25.0 Å². The topological polar surface area (TPSA) is 38.7 Å². The number of rotatable bonds is 4. The molecule has 0 aromatic heterocycles. The molecular weight excluding hydrogens is 272 g/mol. The van der Waals surface area contributed by atoms with E-state index < -0.39 is 0 Å². The number of thioether (sulfide) groups is 1. The molecule has 0 amide bonds. The van der Waals surface area contributed by atoms with Gasteiger partial charge in [-0.3, -0.25) is 0 Å². The van der Waals surface area contributed by atoms with Crippen molar-refractivity contribution in [3.05, 3.63) is 30.3 Å². The zero-order valence-corrected chi connectivity index (χ0v) is 12.5. The molecule has 1 aliphatic heterocycles. The lowest BCUT2D eigenvalue weighted by Gasteiger charge is -2.38. The maximum Gasteiger partial charge on any atom is 0.124 e. The molecule has 1 spiro atoms. The van der Waals surface area contributed by atoms with E-state index in [0.717, 1.165) is 18.6 Å². The number of aliphatic hydroxyl groups excluding tert-OH is 1. The highest BCUT2D eigenvalue weighted by atomic mass is 32.2. The summed E-state index contributed by atoms with van der Waals surface area (Å²) in [5, 5.41) is 9.57. The quantitative estimate of drug-likeness (QED) is 0.682. The highest BCUT2D eigenvalue weighted by Crippen LogP contribution is 2.49. The summed E-state index contributed by atoms with van der Waals surface area (Å²) < 4.78 is 0. The average Bonchev–Trinajstić information content (AvgIpc) is 2.84. The van der Waals surface area contributed by atoms with Crippen LogP contribution in [0.4, 0.5) is 0 Å². The van der Waals surface area contributed by atoms with Gasteiger partial charge in [-0.1, -0.05) is 37.5 Å². The fourth-order valence-electron chi connectivity index (χ4n) is 3.48. The normalized spacial score (nSPS) is 28.9. The van der Waals surface area contributed by atoms with Crippen molar-refractivity contribution < 1.29 is 14.9 Å². The van der Waals surface area contributed by atoms with Crippen LogP contribution in [0.15, 0.2) is 35.2 Å². The van der Waals surface area contributed by atoms with Crippen LogP contribution in [0, 0.1) is 5.41 Å². The van der Waals surface area contributed by atoms with Crippen molar-refractivity contribution >= 4 is 11.8 Å². The van der Waals surface area contributed by atoms with Crippen molar-refractivity contribution in [2.24, 2.45) is 5.41 Å². The van der Waals surface area contributed by atoms with Crippen LogP contribution < -0.4 is 0 Å². The first-order valence-corrected chi connectivity index (χ1v) is 8.44. The van der Waals surface area contributed by atoms with Gasteiger partial charge in [0.1, 0.15) is 12.2 Å². The zero-order chi connectivity index (χ0) is 13.8. The van der Waals surface area contributed by atoms with Crippen LogP contribution >= 0.6 is 11.8 Å². The van der Waals surface area contributed by atoms with E-state index in [1.165, 1.54) is 24.2 Å². The summed E-state index contributed by atoms with van der Waals surface area (Å²) in [6.07, 6.45) is 5.88. The third-order valence-electron chi connectivity index (χ3n) is 4.67. The van der Waals surface area contributed by atoms with Crippen molar-refractivity contribution in [2.75, 3.05) is 12.4 Å². The van der Waals surface area contributed by atoms with Crippen LogP contribution in [0.2, 0.25) is 0 Å². The standard InChI is InChI=1S/C16H22O3S/c17-11-14-16(9-5-2-6-10-16)15(19-18-14)12-20-13-7-3-1-4-8-13/h1,3-4,7-8,14-15,17H,2,5-6,9-12H2/t14-,15-/m0/s1. The molecule has 1 saturated carbocycles. The van der Waals surface area contributed by atoms with Gasteiger partial charge in [0.05, 0.1) is 6.61 Å². The van der Waals surface area contributed by atoms with Crippen LogP contribution in [-0.4, -0.2) is 29.7 Å². The van der Waals surface area contributed by atoms with E-state index in [4.69, 9.17) is 9.78 Å². The van der Waals surface area contributed by atoms with Crippen molar-refractivity contribution in [1.29, 1.82) is 0 Å². The first-order valence-electron chi connectivity index (χ1n) is 7.46. The molecule has 1 N–H and O–H groups in total. The number of hydrogen-bond donors (Lipinski definition) is 1. The van der Waals surface area contributed by atoms with Crippen molar-refractivity contribution in [3.63, 3.8) is 0 Å². The fourth-order valence-corrected chi connectivity index (χ4v) is 4.56. The van der Waals surface area contributed by atoms with Crippen molar-refractivity contribution in [3.8, 4) is 0 Å². The minimum Gasteiger partial charge on any atom is -0.394 e. The summed E-state index contributed by atoms with van der Waals surface area (Å²) in [5.41, 5.74) is 0.0226. The van der Waals surface area contributed by atoms with Gasteiger partial charge in [0.25, 0.3) is 0 Å². The molecule has 2 atom stereocenters. The van der Waals surface area contributed by atoms with E-state index in [1.807, 2.05) is 17.8 Å². The molecule has 0 radical (unpaired) electrons. The summed E-state index contributed by atoms with van der Waals surface area (Å²) >= 11 is 1.81. The Labute approximate surface area is 124 Å². The van der Waals surface area contributed by atoms with Crippen LogP contribution in [0.1, 0.15) is 32.1 Å². The second-order valence-electron chi connectivity index (χ2n) is 5.77. The van der Waals surface area contributed by atoms with Gasteiger partial charge >= 0.3 is 0 Å². The molecule has 2 aliphatic rings. The largest absolute Gasteiger partial charge is 0.394 e. The van der Waals surface area contributed by atoms with Gasteiger partial charge in [0, 0.05) is 16.1 Å². The molecule has 0 bridgehead atoms. The molecule has 1 aromatic rings. The van der Waals surface area contributed by atoms with Gasteiger partial charge in [-0.15, -0.1) is 11.8 Å². The lowest BCUT2D eigenvalue weighted by atomic mass is 9.67. The minimum absolute atomic E-state index is 0.0226. The molecule has 1 aromatic carbocycles. The predicted octanol–water partition coefficient (Wildman–Crippen LogP) is 3.42. The Hall–Kier alpha value is -0.550. The minimum atomic E-state index is -0.149. The third-order valence-corrected chi connectivity index (χ3v) is 5.74. The Balaban J connectivity index is 1.68. The molecule has 1 saturated heterocycles. The Bertz CT molecular complexity index is 417. The maximum absolute atomic E-state index is 9.57. The second-order valence-corrected chi connectivity index (χ2v) is 6.86. The molecule has 3 rings (SSSR count). The Kier molecular flexibility index (Phi) is 4.66. The van der Waals surface area contributed by atoms with Crippen molar-refractivity contribution in [1.82, 2.24) is 0 Å². The number of hydrogen-bond acceptors (Lipinski definition) is 4. The first kappa shape index (κ1) is 14.4. The van der Waals surface area contributed by atoms with Crippen LogP contribution in [-0.2, 0) is 9.78 Å². The summed E-state index contributed by atoms with van der Waals surface area (Å²) in [5.74, 6) is 0.889. The zero-order valence-electron chi connectivity index (χ0n) is 11.7. The van der Waals surface area contributed by atoms with Gasteiger partial charge in [0.15, 0.2) is 0 Å². The number of benzene rings is 1. The van der Waals surface area contributed by atoms with E-state index in [1.54, 1.807) is 0 Å². The predicted molar refractivity (Wildman–Crippen MR) is 79.5 cm³/mol. The molecule has 3 nitrogen and oxygen atoms in total. The second kappa shape index (κ2) is 6.48. The highest BCUT2D eigenvalue weighted by molar-refractivity contribution is 7.99. The first-order chi connectivity index (χ1) is 9.85. The van der Waals surface area contributed by atoms with E-state index in [9.17, 15) is 5.11 Å². The lowest BCUT2D eigenvalue weighted by molar-refractivity contribution is -0.296. The molecule has 20 heavy (non-hydrogen) atoms. The third kappa shape index (κ3) is 2.75. The Morgan fingerprint density at radius 1 is 1.05 bits per heavy atom. The molecular formula is C16H22O3S. The lowest BCUT2D eigenvalue weighted by Crippen LogP contribution is -2.43. The summed E-state index contributed by atoms with van der Waals surface area (Å²) in [6, 6.07) is 10.4. The molecule has 4 heteroatoms. The molecule has 1 heterocycles. The van der Waals surface area contributed by atoms with Crippen LogP contribution in [0.5, 0.6) is 0 Å². The van der Waals surface area contributed by atoms with E-state index in [0.29, 0.717) is 0 Å². The summed E-state index contributed by atoms with van der Waals surface area (Å²) in [4.78, 5) is 12.3. The van der Waals surface area contributed by atoms with Gasteiger partial charge in [-0.2, -0.15) is 0 Å². The molecule has 2 fully saturated rings.